The standard InChI is InChI=1S/C23H20ClF3N4O4/c1-12-5-3-4-6-18(12)35-17-10-15(9-16(11-17)31(33)34)28-22(32)13(2)30-20(14-7-8-14)19(24)21(29-30)23(25,26)27/h3-6,9-11,13-14H,7-8H2,1-2H3,(H,28,32). The lowest BCUT2D eigenvalue weighted by Gasteiger charge is -2.16. The van der Waals surface area contributed by atoms with Gasteiger partial charge in [0.25, 0.3) is 5.69 Å². The molecule has 0 saturated heterocycles. The molecule has 184 valence electrons. The Morgan fingerprint density at radius 2 is 1.97 bits per heavy atom. The third kappa shape index (κ3) is 5.24. The number of aryl methyl sites for hydroxylation is 1. The Labute approximate surface area is 202 Å². The molecule has 2 aromatic carbocycles. The van der Waals surface area contributed by atoms with Gasteiger partial charge >= 0.3 is 6.18 Å². The second kappa shape index (κ2) is 9.21. The lowest BCUT2D eigenvalue weighted by Crippen LogP contribution is -2.26. The number of hydrogen-bond acceptors (Lipinski definition) is 5. The summed E-state index contributed by atoms with van der Waals surface area (Å²) in [7, 11) is 0. The van der Waals surface area contributed by atoms with E-state index in [0.717, 1.165) is 16.3 Å². The van der Waals surface area contributed by atoms with Crippen molar-refractivity contribution in [2.24, 2.45) is 0 Å². The largest absolute Gasteiger partial charge is 0.457 e. The number of rotatable bonds is 7. The zero-order chi connectivity index (χ0) is 25.5. The van der Waals surface area contributed by atoms with E-state index in [0.29, 0.717) is 18.6 Å². The van der Waals surface area contributed by atoms with E-state index in [9.17, 15) is 28.1 Å². The highest BCUT2D eigenvalue weighted by Gasteiger charge is 2.43. The molecule has 1 heterocycles. The van der Waals surface area contributed by atoms with E-state index in [4.69, 9.17) is 16.3 Å². The molecule has 1 amide bonds. The zero-order valence-corrected chi connectivity index (χ0v) is 19.4. The second-order valence-corrected chi connectivity index (χ2v) is 8.65. The maximum absolute atomic E-state index is 13.4. The fourth-order valence-corrected chi connectivity index (χ4v) is 3.99. The number of anilines is 1. The van der Waals surface area contributed by atoms with Gasteiger partial charge in [0.05, 0.1) is 27.4 Å². The van der Waals surface area contributed by atoms with E-state index in [1.54, 1.807) is 25.1 Å². The van der Waals surface area contributed by atoms with Crippen molar-refractivity contribution in [3.05, 3.63) is 74.6 Å². The van der Waals surface area contributed by atoms with Crippen molar-refractivity contribution in [3.8, 4) is 11.5 Å². The number of amides is 1. The number of halogens is 4. The number of nitrogens with one attached hydrogen (secondary N) is 1. The number of carbonyl (C=O) groups is 1. The molecule has 0 bridgehead atoms. The molecule has 1 unspecified atom stereocenters. The fourth-order valence-electron chi connectivity index (χ4n) is 3.60. The molecule has 4 rings (SSSR count). The van der Waals surface area contributed by atoms with Crippen LogP contribution in [0, 0.1) is 17.0 Å². The van der Waals surface area contributed by atoms with Crippen LogP contribution in [0.5, 0.6) is 11.5 Å². The van der Waals surface area contributed by atoms with Crippen LogP contribution in [0.2, 0.25) is 5.02 Å². The van der Waals surface area contributed by atoms with Crippen molar-refractivity contribution < 1.29 is 27.6 Å². The molecule has 1 fully saturated rings. The van der Waals surface area contributed by atoms with Crippen LogP contribution < -0.4 is 10.1 Å². The second-order valence-electron chi connectivity index (χ2n) is 8.27. The molecule has 0 radical (unpaired) electrons. The average molecular weight is 509 g/mol. The van der Waals surface area contributed by atoms with Crippen LogP contribution in [0.3, 0.4) is 0 Å². The van der Waals surface area contributed by atoms with Gasteiger partial charge in [0, 0.05) is 18.1 Å². The van der Waals surface area contributed by atoms with Crippen molar-refractivity contribution in [2.45, 2.75) is 44.8 Å². The quantitative estimate of drug-likeness (QED) is 0.285. The van der Waals surface area contributed by atoms with Gasteiger partial charge in [0.1, 0.15) is 17.5 Å². The molecule has 1 saturated carbocycles. The van der Waals surface area contributed by atoms with Crippen molar-refractivity contribution in [1.29, 1.82) is 0 Å². The van der Waals surface area contributed by atoms with Crippen molar-refractivity contribution in [3.63, 3.8) is 0 Å². The summed E-state index contributed by atoms with van der Waals surface area (Å²) in [6, 6.07) is 9.61. The van der Waals surface area contributed by atoms with Crippen LogP contribution >= 0.6 is 11.6 Å². The van der Waals surface area contributed by atoms with Crippen molar-refractivity contribution in [2.75, 3.05) is 5.32 Å². The average Bonchev–Trinajstić information content (AvgIpc) is 3.55. The molecule has 0 spiro atoms. The van der Waals surface area contributed by atoms with Gasteiger partial charge in [-0.05, 0) is 38.3 Å². The lowest BCUT2D eigenvalue weighted by atomic mass is 10.2. The Hall–Kier alpha value is -3.60. The minimum Gasteiger partial charge on any atom is -0.457 e. The highest BCUT2D eigenvalue weighted by molar-refractivity contribution is 6.32. The van der Waals surface area contributed by atoms with Gasteiger partial charge in [-0.2, -0.15) is 18.3 Å². The first kappa shape index (κ1) is 24.5. The Bertz CT molecular complexity index is 1300. The number of nitro groups is 1. The van der Waals surface area contributed by atoms with Crippen LogP contribution in [0.4, 0.5) is 24.5 Å². The van der Waals surface area contributed by atoms with Crippen LogP contribution in [0.1, 0.15) is 48.7 Å². The van der Waals surface area contributed by atoms with E-state index in [2.05, 4.69) is 10.4 Å². The van der Waals surface area contributed by atoms with Crippen molar-refractivity contribution in [1.82, 2.24) is 9.78 Å². The summed E-state index contributed by atoms with van der Waals surface area (Å²) in [6.07, 6.45) is -3.49. The fraction of sp³-hybridized carbons (Fsp3) is 0.304. The molecule has 1 N–H and O–H groups in total. The number of para-hydroxylation sites is 1. The summed E-state index contributed by atoms with van der Waals surface area (Å²) in [5.41, 5.74) is -0.586. The smallest absolute Gasteiger partial charge is 0.436 e. The van der Waals surface area contributed by atoms with E-state index < -0.39 is 33.8 Å². The number of ether oxygens (including phenoxy) is 1. The Balaban J connectivity index is 1.63. The van der Waals surface area contributed by atoms with Crippen LogP contribution in [0.25, 0.3) is 0 Å². The number of carbonyl (C=O) groups excluding carboxylic acids is 1. The first-order valence-corrected chi connectivity index (χ1v) is 11.0. The first-order valence-electron chi connectivity index (χ1n) is 10.6. The van der Waals surface area contributed by atoms with Gasteiger partial charge in [-0.3, -0.25) is 19.6 Å². The predicted octanol–water partition coefficient (Wildman–Crippen LogP) is 6.64. The van der Waals surface area contributed by atoms with Gasteiger partial charge < -0.3 is 10.1 Å². The van der Waals surface area contributed by atoms with E-state index in [-0.39, 0.29) is 28.7 Å². The topological polar surface area (TPSA) is 99.3 Å². The first-order chi connectivity index (χ1) is 16.5. The van der Waals surface area contributed by atoms with Crippen molar-refractivity contribution >= 4 is 28.9 Å². The zero-order valence-electron chi connectivity index (χ0n) is 18.6. The summed E-state index contributed by atoms with van der Waals surface area (Å²) < 4.78 is 46.9. The minimum absolute atomic E-state index is 0.0434. The molecule has 8 nitrogen and oxygen atoms in total. The molecular weight excluding hydrogens is 489 g/mol. The Morgan fingerprint density at radius 1 is 1.29 bits per heavy atom. The maximum Gasteiger partial charge on any atom is 0.436 e. The third-order valence-corrected chi connectivity index (χ3v) is 5.93. The van der Waals surface area contributed by atoms with Crippen LogP contribution in [-0.2, 0) is 11.0 Å². The minimum atomic E-state index is -4.77. The molecule has 3 aromatic rings. The molecule has 1 atom stereocenters. The number of non-ortho nitro benzene ring substituents is 1. The molecular formula is C23H20ClF3N4O4. The summed E-state index contributed by atoms with van der Waals surface area (Å²) in [5, 5.41) is 17.0. The molecule has 35 heavy (non-hydrogen) atoms. The Morgan fingerprint density at radius 3 is 2.57 bits per heavy atom. The number of aromatic nitrogens is 2. The highest BCUT2D eigenvalue weighted by Crippen LogP contribution is 2.47. The van der Waals surface area contributed by atoms with Gasteiger partial charge in [-0.1, -0.05) is 29.8 Å². The van der Waals surface area contributed by atoms with Gasteiger partial charge in [0.15, 0.2) is 5.69 Å². The van der Waals surface area contributed by atoms with Gasteiger partial charge in [0.2, 0.25) is 5.91 Å². The number of hydrogen-bond donors (Lipinski definition) is 1. The number of alkyl halides is 3. The summed E-state index contributed by atoms with van der Waals surface area (Å²) in [5.74, 6) is -0.356. The summed E-state index contributed by atoms with van der Waals surface area (Å²) in [6.45, 7) is 3.19. The highest BCUT2D eigenvalue weighted by atomic mass is 35.5. The molecule has 1 aromatic heterocycles. The molecule has 1 aliphatic rings. The third-order valence-electron chi connectivity index (χ3n) is 5.56. The summed E-state index contributed by atoms with van der Waals surface area (Å²) >= 11 is 6.00. The number of nitro benzene ring substituents is 1. The van der Waals surface area contributed by atoms with Crippen LogP contribution in [-0.4, -0.2) is 20.6 Å². The number of benzene rings is 2. The SMILES string of the molecule is Cc1ccccc1Oc1cc(NC(=O)C(C)n2nc(C(F)(F)F)c(Cl)c2C2CC2)cc([N+](=O)[O-])c1. The van der Waals surface area contributed by atoms with Gasteiger partial charge in [-0.15, -0.1) is 0 Å². The lowest BCUT2D eigenvalue weighted by molar-refractivity contribution is -0.384. The monoisotopic (exact) mass is 508 g/mol. The Kier molecular flexibility index (Phi) is 6.46. The van der Waals surface area contributed by atoms with E-state index in [1.807, 2.05) is 6.07 Å². The molecule has 12 heteroatoms. The number of nitrogens with zero attached hydrogens (tertiary/aromatic N) is 3. The van der Waals surface area contributed by atoms with E-state index in [1.165, 1.54) is 19.1 Å². The van der Waals surface area contributed by atoms with Crippen LogP contribution in [0.15, 0.2) is 42.5 Å². The maximum atomic E-state index is 13.4. The predicted molar refractivity (Wildman–Crippen MR) is 122 cm³/mol. The summed E-state index contributed by atoms with van der Waals surface area (Å²) in [4.78, 5) is 23.8. The molecule has 0 aliphatic heterocycles. The van der Waals surface area contributed by atoms with E-state index >= 15 is 0 Å². The molecule has 1 aliphatic carbocycles. The van der Waals surface area contributed by atoms with Gasteiger partial charge in [-0.25, -0.2) is 0 Å². The normalized spacial score (nSPS) is 14.5.